The van der Waals surface area contributed by atoms with Crippen molar-refractivity contribution >= 4 is 33.3 Å². The summed E-state index contributed by atoms with van der Waals surface area (Å²) in [6, 6.07) is 10.3. The van der Waals surface area contributed by atoms with Crippen LogP contribution in [0.25, 0.3) is 0 Å². The van der Waals surface area contributed by atoms with E-state index in [1.807, 2.05) is 12.1 Å². The summed E-state index contributed by atoms with van der Waals surface area (Å²) in [7, 11) is -3.50. The molecule has 0 bridgehead atoms. The maximum Gasteiger partial charge on any atom is 0.243 e. The van der Waals surface area contributed by atoms with Crippen molar-refractivity contribution in [3.05, 3.63) is 41.4 Å². The summed E-state index contributed by atoms with van der Waals surface area (Å²) < 4.78 is 27.0. The minimum atomic E-state index is -3.50. The summed E-state index contributed by atoms with van der Waals surface area (Å²) in [5.74, 6) is 1.71. The van der Waals surface area contributed by atoms with Gasteiger partial charge in [-0.3, -0.25) is 0 Å². The van der Waals surface area contributed by atoms with Crippen LogP contribution in [0.1, 0.15) is 12.8 Å². The number of hydrogen-bond acceptors (Lipinski definition) is 6. The molecule has 0 amide bonds. The summed E-state index contributed by atoms with van der Waals surface area (Å²) in [5.41, 5.74) is 0. The topological polar surface area (TPSA) is 69.6 Å². The number of nitrogens with zero attached hydrogens (tertiary/aromatic N) is 5. The molecule has 9 heteroatoms. The van der Waals surface area contributed by atoms with Crippen LogP contribution >= 0.6 is 11.6 Å². The fourth-order valence-corrected chi connectivity index (χ4v) is 5.06. The second kappa shape index (κ2) is 7.61. The van der Waals surface area contributed by atoms with E-state index in [2.05, 4.69) is 20.0 Å². The first-order valence-electron chi connectivity index (χ1n) is 9.13. The van der Waals surface area contributed by atoms with Crippen molar-refractivity contribution in [3.63, 3.8) is 0 Å². The molecule has 2 aliphatic rings. The fourth-order valence-electron chi connectivity index (χ4n) is 3.51. The van der Waals surface area contributed by atoms with Crippen molar-refractivity contribution in [1.82, 2.24) is 14.5 Å². The number of anilines is 2. The number of hydrogen-bond donors (Lipinski definition) is 0. The van der Waals surface area contributed by atoms with Gasteiger partial charge in [-0.25, -0.2) is 8.42 Å². The van der Waals surface area contributed by atoms with Gasteiger partial charge in [-0.05, 0) is 49.2 Å². The smallest absolute Gasteiger partial charge is 0.243 e. The highest BCUT2D eigenvalue weighted by molar-refractivity contribution is 7.89. The van der Waals surface area contributed by atoms with Crippen molar-refractivity contribution in [3.8, 4) is 0 Å². The Morgan fingerprint density at radius 2 is 1.26 bits per heavy atom. The predicted molar refractivity (Wildman–Crippen MR) is 106 cm³/mol. The van der Waals surface area contributed by atoms with Gasteiger partial charge in [0.05, 0.1) is 4.90 Å². The number of benzene rings is 1. The van der Waals surface area contributed by atoms with Crippen LogP contribution < -0.4 is 9.80 Å². The van der Waals surface area contributed by atoms with Crippen LogP contribution in [0.2, 0.25) is 5.02 Å². The van der Waals surface area contributed by atoms with E-state index in [0.29, 0.717) is 31.2 Å². The third kappa shape index (κ3) is 3.88. The van der Waals surface area contributed by atoms with Crippen LogP contribution in [0.3, 0.4) is 0 Å². The molecule has 1 aromatic carbocycles. The minimum absolute atomic E-state index is 0.273. The molecule has 0 N–H and O–H groups in total. The Labute approximate surface area is 164 Å². The van der Waals surface area contributed by atoms with E-state index in [-0.39, 0.29) is 4.90 Å². The lowest BCUT2D eigenvalue weighted by Gasteiger charge is -2.34. The maximum atomic E-state index is 12.8. The SMILES string of the molecule is O=S(=O)(c1ccc(Cl)cc1)N1CCN(c2ccc(N3CCCC3)nn2)CC1. The van der Waals surface area contributed by atoms with Crippen LogP contribution in [0.4, 0.5) is 11.6 Å². The van der Waals surface area contributed by atoms with Gasteiger partial charge in [0, 0.05) is 44.3 Å². The van der Waals surface area contributed by atoms with E-state index in [1.54, 1.807) is 24.3 Å². The van der Waals surface area contributed by atoms with E-state index in [0.717, 1.165) is 24.7 Å². The molecule has 2 fully saturated rings. The molecule has 4 rings (SSSR count). The highest BCUT2D eigenvalue weighted by Crippen LogP contribution is 2.23. The standard InChI is InChI=1S/C18H22ClN5O2S/c19-15-3-5-16(6-4-15)27(25,26)24-13-11-23(12-14-24)18-8-7-17(20-21-18)22-9-1-2-10-22/h3-8H,1-2,9-14H2. The van der Waals surface area contributed by atoms with Gasteiger partial charge in [0.25, 0.3) is 0 Å². The Hall–Kier alpha value is -1.90. The average molecular weight is 408 g/mol. The molecule has 7 nitrogen and oxygen atoms in total. The van der Waals surface area contributed by atoms with Crippen molar-refractivity contribution in [1.29, 1.82) is 0 Å². The lowest BCUT2D eigenvalue weighted by molar-refractivity contribution is 0.383. The number of halogens is 1. The number of rotatable bonds is 4. The van der Waals surface area contributed by atoms with Gasteiger partial charge in [0.2, 0.25) is 10.0 Å². The molecule has 2 aliphatic heterocycles. The molecule has 27 heavy (non-hydrogen) atoms. The zero-order valence-electron chi connectivity index (χ0n) is 15.0. The molecule has 0 radical (unpaired) electrons. The second-order valence-corrected chi connectivity index (χ2v) is 9.16. The van der Waals surface area contributed by atoms with Crippen LogP contribution in [0.15, 0.2) is 41.3 Å². The highest BCUT2D eigenvalue weighted by Gasteiger charge is 2.29. The normalized spacial score (nSPS) is 18.9. The van der Waals surface area contributed by atoms with Gasteiger partial charge in [0.1, 0.15) is 0 Å². The predicted octanol–water partition coefficient (Wildman–Crippen LogP) is 2.24. The Morgan fingerprint density at radius 3 is 1.78 bits per heavy atom. The fraction of sp³-hybridized carbons (Fsp3) is 0.444. The zero-order valence-corrected chi connectivity index (χ0v) is 16.5. The highest BCUT2D eigenvalue weighted by atomic mass is 35.5. The summed E-state index contributed by atoms with van der Waals surface area (Å²) in [6.45, 7) is 4.08. The minimum Gasteiger partial charge on any atom is -0.355 e. The monoisotopic (exact) mass is 407 g/mol. The first kappa shape index (κ1) is 18.5. The summed E-state index contributed by atoms with van der Waals surface area (Å²) in [4.78, 5) is 4.59. The molecule has 3 heterocycles. The third-order valence-corrected chi connectivity index (χ3v) is 7.25. The van der Waals surface area contributed by atoms with Crippen molar-refractivity contribution in [2.45, 2.75) is 17.7 Å². The second-order valence-electron chi connectivity index (χ2n) is 6.79. The van der Waals surface area contributed by atoms with Crippen molar-refractivity contribution in [2.75, 3.05) is 49.1 Å². The molecule has 0 aliphatic carbocycles. The van der Waals surface area contributed by atoms with E-state index < -0.39 is 10.0 Å². The molecule has 0 saturated carbocycles. The van der Waals surface area contributed by atoms with Gasteiger partial charge in [0.15, 0.2) is 11.6 Å². The van der Waals surface area contributed by atoms with E-state index >= 15 is 0 Å². The molecule has 2 saturated heterocycles. The van der Waals surface area contributed by atoms with Crippen LogP contribution in [-0.2, 0) is 10.0 Å². The summed E-state index contributed by atoms with van der Waals surface area (Å²) >= 11 is 5.86. The number of aromatic nitrogens is 2. The first-order chi connectivity index (χ1) is 13.0. The van der Waals surface area contributed by atoms with Gasteiger partial charge in [-0.2, -0.15) is 4.31 Å². The van der Waals surface area contributed by atoms with Crippen LogP contribution in [0, 0.1) is 0 Å². The Bertz CT molecular complexity index is 875. The lowest BCUT2D eigenvalue weighted by atomic mass is 10.3. The van der Waals surface area contributed by atoms with Gasteiger partial charge in [-0.15, -0.1) is 10.2 Å². The number of piperazine rings is 1. The van der Waals surface area contributed by atoms with E-state index in [1.165, 1.54) is 17.1 Å². The molecule has 0 atom stereocenters. The van der Waals surface area contributed by atoms with Gasteiger partial charge < -0.3 is 9.80 Å². The molecule has 2 aromatic rings. The van der Waals surface area contributed by atoms with Gasteiger partial charge in [-0.1, -0.05) is 11.6 Å². The maximum absolute atomic E-state index is 12.8. The first-order valence-corrected chi connectivity index (χ1v) is 11.0. The molecular weight excluding hydrogens is 386 g/mol. The van der Waals surface area contributed by atoms with Crippen molar-refractivity contribution in [2.24, 2.45) is 0 Å². The molecule has 0 spiro atoms. The van der Waals surface area contributed by atoms with Crippen LogP contribution in [0.5, 0.6) is 0 Å². The molecule has 0 unspecified atom stereocenters. The number of sulfonamides is 1. The Morgan fingerprint density at radius 1 is 0.741 bits per heavy atom. The quantitative estimate of drug-likeness (QED) is 0.774. The van der Waals surface area contributed by atoms with E-state index in [9.17, 15) is 8.42 Å². The molecule has 144 valence electrons. The van der Waals surface area contributed by atoms with Crippen LogP contribution in [-0.4, -0.2) is 62.2 Å². The van der Waals surface area contributed by atoms with E-state index in [4.69, 9.17) is 11.6 Å². The zero-order chi connectivity index (χ0) is 18.9. The molecular formula is C18H22ClN5O2S. The summed E-state index contributed by atoms with van der Waals surface area (Å²) in [5, 5.41) is 9.23. The van der Waals surface area contributed by atoms with Crippen molar-refractivity contribution < 1.29 is 8.42 Å². The Balaban J connectivity index is 1.40. The third-order valence-electron chi connectivity index (χ3n) is 5.08. The lowest BCUT2D eigenvalue weighted by Crippen LogP contribution is -2.49. The Kier molecular flexibility index (Phi) is 5.21. The summed E-state index contributed by atoms with van der Waals surface area (Å²) in [6.07, 6.45) is 2.40. The van der Waals surface area contributed by atoms with Gasteiger partial charge >= 0.3 is 0 Å². The largest absolute Gasteiger partial charge is 0.355 e. The average Bonchev–Trinajstić information content (AvgIpc) is 3.23. The molecule has 1 aromatic heterocycles.